The van der Waals surface area contributed by atoms with Gasteiger partial charge in [0.05, 0.1) is 11.7 Å². The quantitative estimate of drug-likeness (QED) is 0.539. The molecule has 0 saturated carbocycles. The molecule has 2 aliphatic rings. The molecule has 0 amide bonds. The predicted molar refractivity (Wildman–Crippen MR) is 108 cm³/mol. The van der Waals surface area contributed by atoms with Crippen molar-refractivity contribution in [2.24, 2.45) is 5.92 Å². The fourth-order valence-electron chi connectivity index (χ4n) is 3.66. The van der Waals surface area contributed by atoms with E-state index >= 15 is 0 Å². The highest BCUT2D eigenvalue weighted by Crippen LogP contribution is 2.33. The number of aryl methyl sites for hydroxylation is 1. The maximum Gasteiger partial charge on any atom is 0.339 e. The van der Waals surface area contributed by atoms with Crippen LogP contribution in [-0.4, -0.2) is 41.3 Å². The van der Waals surface area contributed by atoms with Gasteiger partial charge in [0, 0.05) is 5.92 Å². The zero-order valence-corrected chi connectivity index (χ0v) is 17.2. The molecular weight excluding hydrogens is 356 g/mol. The summed E-state index contributed by atoms with van der Waals surface area (Å²) < 4.78 is 17.7. The molecule has 28 heavy (non-hydrogen) atoms. The topological polar surface area (TPSA) is 65.0 Å². The van der Waals surface area contributed by atoms with Gasteiger partial charge in [-0.15, -0.1) is 0 Å². The molecule has 1 aromatic rings. The molecule has 5 atom stereocenters. The number of cyclic esters (lactones) is 1. The van der Waals surface area contributed by atoms with Crippen LogP contribution < -0.4 is 0 Å². The number of hydrogen-bond donors (Lipinski definition) is 1. The standard InChI is InChI=1S/C23H30O5/c1-14-12-13-18(24)21-19(27-23(4,5)28-21)11-7-10-17-9-6-8-15(2)20(17)22(25)26-16(14)3/h6-10,12-14,16,18-19,21,24H,11H2,1-5H3/b10-7+,13-12-/t14-,16+,18?,19+,21-/m1/s1. The third-order valence-electron chi connectivity index (χ3n) is 5.38. The van der Waals surface area contributed by atoms with Gasteiger partial charge in [0.2, 0.25) is 0 Å². The van der Waals surface area contributed by atoms with E-state index in [1.54, 1.807) is 6.08 Å². The largest absolute Gasteiger partial charge is 0.458 e. The second-order valence-corrected chi connectivity index (χ2v) is 8.16. The lowest BCUT2D eigenvalue weighted by atomic mass is 9.98. The van der Waals surface area contributed by atoms with Gasteiger partial charge in [-0.05, 0) is 45.2 Å². The van der Waals surface area contributed by atoms with Crippen molar-refractivity contribution < 1.29 is 24.1 Å². The molecule has 1 fully saturated rings. The van der Waals surface area contributed by atoms with Crippen LogP contribution in [0.4, 0.5) is 0 Å². The first-order chi connectivity index (χ1) is 13.2. The van der Waals surface area contributed by atoms with Gasteiger partial charge >= 0.3 is 5.97 Å². The number of aliphatic hydroxyl groups excluding tert-OH is 1. The van der Waals surface area contributed by atoms with E-state index in [9.17, 15) is 9.90 Å². The van der Waals surface area contributed by atoms with Crippen LogP contribution in [-0.2, 0) is 14.2 Å². The molecule has 0 aromatic heterocycles. The predicted octanol–water partition coefficient (Wildman–Crippen LogP) is 4.03. The van der Waals surface area contributed by atoms with Crippen molar-refractivity contribution in [1.29, 1.82) is 0 Å². The van der Waals surface area contributed by atoms with Crippen LogP contribution in [0.1, 0.15) is 55.6 Å². The number of fused-ring (bicyclic) bond motifs is 2. The fraction of sp³-hybridized carbons (Fsp3) is 0.522. The summed E-state index contributed by atoms with van der Waals surface area (Å²) in [5, 5.41) is 10.6. The molecule has 0 bridgehead atoms. The number of rotatable bonds is 0. The van der Waals surface area contributed by atoms with E-state index in [4.69, 9.17) is 14.2 Å². The van der Waals surface area contributed by atoms with Gasteiger partial charge < -0.3 is 19.3 Å². The van der Waals surface area contributed by atoms with E-state index in [0.717, 1.165) is 11.1 Å². The summed E-state index contributed by atoms with van der Waals surface area (Å²) in [6, 6.07) is 5.74. The molecule has 3 rings (SSSR count). The monoisotopic (exact) mass is 386 g/mol. The van der Waals surface area contributed by atoms with Crippen molar-refractivity contribution >= 4 is 12.0 Å². The van der Waals surface area contributed by atoms with Crippen molar-refractivity contribution in [3.8, 4) is 0 Å². The Labute approximate surface area is 167 Å². The minimum absolute atomic E-state index is 0.0571. The summed E-state index contributed by atoms with van der Waals surface area (Å²) in [7, 11) is 0. The molecule has 5 heteroatoms. The Bertz CT molecular complexity index is 779. The molecule has 2 heterocycles. The average molecular weight is 386 g/mol. The van der Waals surface area contributed by atoms with Crippen LogP contribution in [0.5, 0.6) is 0 Å². The summed E-state index contributed by atoms with van der Waals surface area (Å²) in [5.74, 6) is -1.14. The van der Waals surface area contributed by atoms with Gasteiger partial charge in [-0.2, -0.15) is 0 Å². The Morgan fingerprint density at radius 2 is 1.89 bits per heavy atom. The number of carbonyl (C=O) groups excluding carboxylic acids is 1. The summed E-state index contributed by atoms with van der Waals surface area (Å²) in [5.41, 5.74) is 2.27. The van der Waals surface area contributed by atoms with Crippen LogP contribution >= 0.6 is 0 Å². The zero-order chi connectivity index (χ0) is 20.5. The molecule has 1 unspecified atom stereocenters. The van der Waals surface area contributed by atoms with Crippen LogP contribution in [0.15, 0.2) is 36.4 Å². The lowest BCUT2D eigenvalue weighted by Crippen LogP contribution is -2.34. The van der Waals surface area contributed by atoms with E-state index in [1.165, 1.54) is 0 Å². The zero-order valence-electron chi connectivity index (χ0n) is 17.2. The summed E-state index contributed by atoms with van der Waals surface area (Å²) in [4.78, 5) is 12.8. The van der Waals surface area contributed by atoms with E-state index in [-0.39, 0.29) is 24.1 Å². The highest BCUT2D eigenvalue weighted by Gasteiger charge is 2.43. The second kappa shape index (κ2) is 8.19. The van der Waals surface area contributed by atoms with Crippen LogP contribution in [0.3, 0.4) is 0 Å². The van der Waals surface area contributed by atoms with Crippen molar-refractivity contribution in [1.82, 2.24) is 0 Å². The van der Waals surface area contributed by atoms with Crippen molar-refractivity contribution in [3.63, 3.8) is 0 Å². The maximum atomic E-state index is 12.8. The molecule has 5 nitrogen and oxygen atoms in total. The highest BCUT2D eigenvalue weighted by molar-refractivity contribution is 5.95. The van der Waals surface area contributed by atoms with E-state index in [0.29, 0.717) is 12.0 Å². The third-order valence-corrected chi connectivity index (χ3v) is 5.38. The molecule has 2 aliphatic heterocycles. The number of benzene rings is 1. The number of esters is 1. The highest BCUT2D eigenvalue weighted by atomic mass is 16.8. The number of ether oxygens (including phenoxy) is 3. The first-order valence-corrected chi connectivity index (χ1v) is 9.87. The lowest BCUT2D eigenvalue weighted by Gasteiger charge is -2.22. The number of aliphatic hydroxyl groups is 1. The average Bonchev–Trinajstić information content (AvgIpc) is 2.93. The van der Waals surface area contributed by atoms with Crippen LogP contribution in [0.25, 0.3) is 6.08 Å². The normalized spacial score (nSPS) is 35.2. The Morgan fingerprint density at radius 3 is 2.64 bits per heavy atom. The minimum Gasteiger partial charge on any atom is -0.458 e. The second-order valence-electron chi connectivity index (χ2n) is 8.16. The minimum atomic E-state index is -0.803. The first-order valence-electron chi connectivity index (χ1n) is 9.87. The molecule has 0 spiro atoms. The van der Waals surface area contributed by atoms with Crippen molar-refractivity contribution in [2.45, 2.75) is 71.2 Å². The summed E-state index contributed by atoms with van der Waals surface area (Å²) in [6.07, 6.45) is 6.15. The summed E-state index contributed by atoms with van der Waals surface area (Å²) >= 11 is 0. The molecule has 152 valence electrons. The van der Waals surface area contributed by atoms with E-state index in [1.807, 2.05) is 71.0 Å². The van der Waals surface area contributed by atoms with E-state index in [2.05, 4.69) is 0 Å². The number of carbonyl (C=O) groups is 1. The fourth-order valence-corrected chi connectivity index (χ4v) is 3.66. The first kappa shape index (κ1) is 20.8. The van der Waals surface area contributed by atoms with E-state index < -0.39 is 18.0 Å². The Balaban J connectivity index is 1.99. The molecule has 0 aliphatic carbocycles. The van der Waals surface area contributed by atoms with Crippen LogP contribution in [0.2, 0.25) is 0 Å². The molecule has 1 saturated heterocycles. The smallest absolute Gasteiger partial charge is 0.339 e. The SMILES string of the molecule is Cc1cccc2c1C(=O)O[C@@H](C)[C@H](C)/C=C\C(O)[C@H]1OC(C)(C)O[C@H]1C/C=C/2. The summed E-state index contributed by atoms with van der Waals surface area (Å²) in [6.45, 7) is 9.43. The molecular formula is C23H30O5. The van der Waals surface area contributed by atoms with Gasteiger partial charge in [0.25, 0.3) is 0 Å². The Morgan fingerprint density at radius 1 is 1.14 bits per heavy atom. The Hall–Kier alpha value is -1.95. The van der Waals surface area contributed by atoms with Crippen molar-refractivity contribution in [3.05, 3.63) is 53.1 Å². The van der Waals surface area contributed by atoms with Gasteiger partial charge in [0.1, 0.15) is 18.3 Å². The van der Waals surface area contributed by atoms with Crippen LogP contribution in [0, 0.1) is 12.8 Å². The third kappa shape index (κ3) is 4.54. The van der Waals surface area contributed by atoms with Gasteiger partial charge in [-0.3, -0.25) is 0 Å². The van der Waals surface area contributed by atoms with Gasteiger partial charge in [-0.1, -0.05) is 49.4 Å². The van der Waals surface area contributed by atoms with Crippen molar-refractivity contribution in [2.75, 3.05) is 0 Å². The maximum absolute atomic E-state index is 12.8. The van der Waals surface area contributed by atoms with Gasteiger partial charge in [0.15, 0.2) is 5.79 Å². The molecule has 1 aromatic carbocycles. The molecule has 1 N–H and O–H groups in total. The van der Waals surface area contributed by atoms with Gasteiger partial charge in [-0.25, -0.2) is 4.79 Å². The molecule has 0 radical (unpaired) electrons. The Kier molecular flexibility index (Phi) is 6.08. The number of hydrogen-bond acceptors (Lipinski definition) is 5. The lowest BCUT2D eigenvalue weighted by molar-refractivity contribution is -0.152.